The van der Waals surface area contributed by atoms with E-state index in [0.717, 1.165) is 25.4 Å². The molecule has 1 saturated heterocycles. The highest BCUT2D eigenvalue weighted by atomic mass is 32.2. The van der Waals surface area contributed by atoms with E-state index in [1.807, 2.05) is 0 Å². The van der Waals surface area contributed by atoms with Crippen LogP contribution in [0.2, 0.25) is 0 Å². The molecule has 3 atom stereocenters. The predicted molar refractivity (Wildman–Crippen MR) is 75.8 cm³/mol. The quantitative estimate of drug-likeness (QED) is 0.834. The van der Waals surface area contributed by atoms with Crippen LogP contribution in [0.1, 0.15) is 34.1 Å². The average molecular weight is 260 g/mol. The Labute approximate surface area is 109 Å². The third kappa shape index (κ3) is 5.06. The third-order valence-corrected chi connectivity index (χ3v) is 4.53. The summed E-state index contributed by atoms with van der Waals surface area (Å²) in [6.45, 7) is 12.4. The van der Waals surface area contributed by atoms with E-state index >= 15 is 0 Å². The molecule has 4 heteroatoms. The van der Waals surface area contributed by atoms with E-state index in [9.17, 15) is 4.21 Å². The summed E-state index contributed by atoms with van der Waals surface area (Å²) in [5.41, 5.74) is 0.285. The summed E-state index contributed by atoms with van der Waals surface area (Å²) in [5.74, 6) is 0.789. The van der Waals surface area contributed by atoms with Crippen LogP contribution in [-0.4, -0.2) is 52.8 Å². The molecule has 0 aromatic rings. The van der Waals surface area contributed by atoms with Gasteiger partial charge in [0.05, 0.1) is 0 Å². The van der Waals surface area contributed by atoms with Crippen LogP contribution in [0.5, 0.6) is 0 Å². The van der Waals surface area contributed by atoms with Gasteiger partial charge in [-0.15, -0.1) is 0 Å². The second-order valence-electron chi connectivity index (χ2n) is 6.31. The van der Waals surface area contributed by atoms with E-state index < -0.39 is 10.8 Å². The van der Waals surface area contributed by atoms with Crippen molar-refractivity contribution in [2.45, 2.75) is 46.2 Å². The normalized spacial score (nSPS) is 27.5. The summed E-state index contributed by atoms with van der Waals surface area (Å²) in [5, 5.41) is 3.64. The first-order valence-electron chi connectivity index (χ1n) is 6.58. The fourth-order valence-electron chi connectivity index (χ4n) is 2.37. The van der Waals surface area contributed by atoms with Crippen LogP contribution < -0.4 is 5.32 Å². The molecular formula is C13H28N2OS. The Hall–Kier alpha value is 0.0700. The molecule has 0 saturated carbocycles. The van der Waals surface area contributed by atoms with Crippen molar-refractivity contribution < 1.29 is 4.21 Å². The Kier molecular flexibility index (Phi) is 5.61. The molecular weight excluding hydrogens is 232 g/mol. The molecule has 1 fully saturated rings. The van der Waals surface area contributed by atoms with E-state index in [2.05, 4.69) is 37.9 Å². The first-order valence-corrected chi connectivity index (χ1v) is 8.31. The molecule has 1 heterocycles. The number of rotatable bonds is 3. The van der Waals surface area contributed by atoms with E-state index in [-0.39, 0.29) is 5.41 Å². The van der Waals surface area contributed by atoms with Gasteiger partial charge in [-0.25, -0.2) is 0 Å². The van der Waals surface area contributed by atoms with Crippen LogP contribution in [0.3, 0.4) is 0 Å². The van der Waals surface area contributed by atoms with E-state index in [4.69, 9.17) is 0 Å². The third-order valence-electron chi connectivity index (χ3n) is 3.57. The predicted octanol–water partition coefficient (Wildman–Crippen LogP) is 1.46. The molecule has 0 bridgehead atoms. The van der Waals surface area contributed by atoms with Gasteiger partial charge in [0, 0.05) is 41.4 Å². The van der Waals surface area contributed by atoms with Gasteiger partial charge in [0.2, 0.25) is 0 Å². The van der Waals surface area contributed by atoms with Gasteiger partial charge in [0.1, 0.15) is 0 Å². The molecule has 0 aromatic carbocycles. The van der Waals surface area contributed by atoms with Crippen molar-refractivity contribution in [2.75, 3.05) is 31.6 Å². The van der Waals surface area contributed by atoms with Gasteiger partial charge in [0.15, 0.2) is 0 Å². The Morgan fingerprint density at radius 3 is 2.65 bits per heavy atom. The fraction of sp³-hybridized carbons (Fsp3) is 1.00. The first-order chi connectivity index (χ1) is 7.80. The van der Waals surface area contributed by atoms with Crippen LogP contribution >= 0.6 is 0 Å². The van der Waals surface area contributed by atoms with Crippen LogP contribution in [0.4, 0.5) is 0 Å². The van der Waals surface area contributed by atoms with Crippen molar-refractivity contribution in [3.63, 3.8) is 0 Å². The molecule has 3 nitrogen and oxygen atoms in total. The van der Waals surface area contributed by atoms with Gasteiger partial charge in [-0.2, -0.15) is 0 Å². The minimum atomic E-state index is -0.697. The Morgan fingerprint density at radius 2 is 2.12 bits per heavy atom. The summed E-state index contributed by atoms with van der Waals surface area (Å²) in [7, 11) is -0.697. The lowest BCUT2D eigenvalue weighted by Crippen LogP contribution is -2.49. The molecule has 0 amide bonds. The Morgan fingerprint density at radius 1 is 1.47 bits per heavy atom. The maximum atomic E-state index is 11.3. The topological polar surface area (TPSA) is 32.3 Å². The second kappa shape index (κ2) is 6.30. The monoisotopic (exact) mass is 260 g/mol. The van der Waals surface area contributed by atoms with Gasteiger partial charge in [-0.1, -0.05) is 20.8 Å². The van der Waals surface area contributed by atoms with Gasteiger partial charge >= 0.3 is 0 Å². The summed E-state index contributed by atoms with van der Waals surface area (Å²) in [4.78, 5) is 2.50. The van der Waals surface area contributed by atoms with Crippen molar-refractivity contribution in [3.8, 4) is 0 Å². The molecule has 1 aliphatic heterocycles. The molecule has 17 heavy (non-hydrogen) atoms. The second-order valence-corrected chi connectivity index (χ2v) is 7.79. The van der Waals surface area contributed by atoms with Gasteiger partial charge in [-0.3, -0.25) is 9.11 Å². The largest absolute Gasteiger partial charge is 0.312 e. The molecule has 102 valence electrons. The zero-order valence-corrected chi connectivity index (χ0v) is 12.8. The highest BCUT2D eigenvalue weighted by molar-refractivity contribution is 7.84. The lowest BCUT2D eigenvalue weighted by atomic mass is 9.86. The molecule has 0 radical (unpaired) electrons. The van der Waals surface area contributed by atoms with Crippen molar-refractivity contribution >= 4 is 10.8 Å². The Bertz CT molecular complexity index is 263. The van der Waals surface area contributed by atoms with Crippen LogP contribution in [0, 0.1) is 5.41 Å². The maximum absolute atomic E-state index is 11.3. The zero-order valence-electron chi connectivity index (χ0n) is 12.0. The molecule has 0 aliphatic carbocycles. The number of nitrogens with zero attached hydrogens (tertiary/aromatic N) is 1. The first kappa shape index (κ1) is 15.1. The van der Waals surface area contributed by atoms with E-state index in [1.54, 1.807) is 6.26 Å². The van der Waals surface area contributed by atoms with E-state index in [1.165, 1.54) is 6.42 Å². The number of nitrogens with one attached hydrogen (secondary N) is 1. The number of hydrogen-bond acceptors (Lipinski definition) is 3. The van der Waals surface area contributed by atoms with Crippen molar-refractivity contribution in [3.05, 3.63) is 0 Å². The molecule has 1 N–H and O–H groups in total. The molecule has 0 aromatic heterocycles. The van der Waals surface area contributed by atoms with Crippen molar-refractivity contribution in [2.24, 2.45) is 5.41 Å². The van der Waals surface area contributed by atoms with E-state index in [0.29, 0.717) is 12.1 Å². The smallest absolute Gasteiger partial charge is 0.0385 e. The number of hydrogen-bond donors (Lipinski definition) is 1. The maximum Gasteiger partial charge on any atom is 0.0385 e. The molecule has 3 unspecified atom stereocenters. The highest BCUT2D eigenvalue weighted by Crippen LogP contribution is 2.22. The van der Waals surface area contributed by atoms with Crippen LogP contribution in [0.15, 0.2) is 0 Å². The summed E-state index contributed by atoms with van der Waals surface area (Å²) in [6, 6.07) is 0.948. The van der Waals surface area contributed by atoms with Crippen molar-refractivity contribution in [1.29, 1.82) is 0 Å². The Balaban J connectivity index is 2.62. The SMILES string of the molecule is CC(CS(C)=O)N1CCCNC(C(C)(C)C)C1. The average Bonchev–Trinajstić information content (AvgIpc) is 2.40. The minimum Gasteiger partial charge on any atom is -0.312 e. The summed E-state index contributed by atoms with van der Waals surface area (Å²) < 4.78 is 11.3. The lowest BCUT2D eigenvalue weighted by molar-refractivity contribution is 0.171. The molecule has 0 spiro atoms. The van der Waals surface area contributed by atoms with Gasteiger partial charge < -0.3 is 5.32 Å². The molecule has 1 rings (SSSR count). The molecule has 1 aliphatic rings. The summed E-state index contributed by atoms with van der Waals surface area (Å²) in [6.07, 6.45) is 2.99. The minimum absolute atomic E-state index is 0.285. The van der Waals surface area contributed by atoms with Gasteiger partial charge in [0.25, 0.3) is 0 Å². The van der Waals surface area contributed by atoms with Crippen LogP contribution in [0.25, 0.3) is 0 Å². The zero-order chi connectivity index (χ0) is 13.1. The summed E-state index contributed by atoms with van der Waals surface area (Å²) >= 11 is 0. The van der Waals surface area contributed by atoms with Crippen LogP contribution in [-0.2, 0) is 10.8 Å². The lowest BCUT2D eigenvalue weighted by Gasteiger charge is -2.36. The highest BCUT2D eigenvalue weighted by Gasteiger charge is 2.29. The van der Waals surface area contributed by atoms with Crippen molar-refractivity contribution in [1.82, 2.24) is 10.2 Å². The standard InChI is InChI=1S/C13H28N2OS/c1-11(10-17(5)16)15-8-6-7-14-12(9-15)13(2,3)4/h11-12,14H,6-10H2,1-5H3. The van der Waals surface area contributed by atoms with Gasteiger partial charge in [-0.05, 0) is 31.8 Å². The fourth-order valence-corrected chi connectivity index (χ4v) is 3.26.